The maximum Gasteiger partial charge on any atom is 0.497 e. The van der Waals surface area contributed by atoms with Gasteiger partial charge in [0.25, 0.3) is 0 Å². The van der Waals surface area contributed by atoms with Gasteiger partial charge in [-0.1, -0.05) is 24.3 Å². The fourth-order valence-corrected chi connectivity index (χ4v) is 4.30. The molecule has 0 aliphatic carbocycles. The van der Waals surface area contributed by atoms with E-state index in [4.69, 9.17) is 18.8 Å². The number of anilines is 1. The Morgan fingerprint density at radius 3 is 1.88 bits per heavy atom. The number of imide groups is 1. The van der Waals surface area contributed by atoms with Gasteiger partial charge in [-0.15, -0.1) is 0 Å². The van der Waals surface area contributed by atoms with Crippen molar-refractivity contribution < 1.29 is 32.8 Å². The van der Waals surface area contributed by atoms with E-state index in [0.717, 1.165) is 4.90 Å². The molecule has 8 nitrogen and oxygen atoms in total. The molecule has 2 amide bonds. The van der Waals surface area contributed by atoms with Crippen molar-refractivity contribution in [3.63, 3.8) is 0 Å². The molecule has 1 aliphatic rings. The van der Waals surface area contributed by atoms with Crippen molar-refractivity contribution >= 4 is 41.4 Å². The van der Waals surface area contributed by atoms with E-state index in [2.05, 4.69) is 4.98 Å². The minimum Gasteiger partial charge on any atom is -0.443 e. The number of carbonyl (C=O) groups is 2. The second-order valence-electron chi connectivity index (χ2n) is 13.2. The van der Waals surface area contributed by atoms with Crippen molar-refractivity contribution in [3.8, 4) is 11.1 Å². The van der Waals surface area contributed by atoms with Gasteiger partial charge in [0.05, 0.1) is 11.2 Å². The molecule has 3 aromatic rings. The van der Waals surface area contributed by atoms with Crippen LogP contribution >= 0.6 is 0 Å². The van der Waals surface area contributed by atoms with E-state index >= 15 is 0 Å². The van der Waals surface area contributed by atoms with Gasteiger partial charge in [0, 0.05) is 17.0 Å². The predicted molar refractivity (Wildman–Crippen MR) is 158 cm³/mol. The second kappa shape index (κ2) is 10.4. The number of amides is 2. The number of benzene rings is 2. The maximum absolute atomic E-state index is 14.1. The number of carbonyl (C=O) groups excluding carboxylic acids is 2. The lowest BCUT2D eigenvalue weighted by molar-refractivity contribution is 0.00578. The lowest BCUT2D eigenvalue weighted by Gasteiger charge is -2.32. The first kappa shape index (κ1) is 30.5. The summed E-state index contributed by atoms with van der Waals surface area (Å²) in [6, 6.07) is 11.6. The maximum atomic E-state index is 14.1. The first-order valence-corrected chi connectivity index (χ1v) is 13.6. The van der Waals surface area contributed by atoms with Gasteiger partial charge in [0.2, 0.25) is 0 Å². The molecule has 0 N–H and O–H groups in total. The third-order valence-electron chi connectivity index (χ3n) is 6.93. The Kier molecular flexibility index (Phi) is 7.73. The largest absolute Gasteiger partial charge is 0.497 e. The van der Waals surface area contributed by atoms with Crippen LogP contribution in [-0.4, -0.2) is 46.7 Å². The number of fused-ring (bicyclic) bond motifs is 1. The highest BCUT2D eigenvalue weighted by Crippen LogP contribution is 2.38. The number of hydrogen-bond donors (Lipinski definition) is 0. The normalized spacial score (nSPS) is 16.5. The zero-order valence-electron chi connectivity index (χ0n) is 25.4. The Hall–Kier alpha value is -3.50. The number of aromatic nitrogens is 1. The van der Waals surface area contributed by atoms with Crippen molar-refractivity contribution in [1.29, 1.82) is 0 Å². The van der Waals surface area contributed by atoms with Gasteiger partial charge < -0.3 is 18.8 Å². The van der Waals surface area contributed by atoms with Crippen LogP contribution in [0.1, 0.15) is 69.2 Å². The Balaban J connectivity index is 1.96. The van der Waals surface area contributed by atoms with Gasteiger partial charge in [-0.25, -0.2) is 19.0 Å². The highest BCUT2D eigenvalue weighted by molar-refractivity contribution is 6.65. The van der Waals surface area contributed by atoms with Crippen molar-refractivity contribution in [2.75, 3.05) is 4.90 Å². The summed E-state index contributed by atoms with van der Waals surface area (Å²) in [5.74, 6) is -0.391. The quantitative estimate of drug-likeness (QED) is 0.316. The minimum absolute atomic E-state index is 0.00187. The second-order valence-corrected chi connectivity index (χ2v) is 13.2. The number of nitrogens with zero attached hydrogens (tertiary/aromatic N) is 2. The number of ether oxygens (including phenoxy) is 2. The van der Waals surface area contributed by atoms with Crippen LogP contribution in [0, 0.1) is 5.82 Å². The molecule has 0 unspecified atom stereocenters. The highest BCUT2D eigenvalue weighted by atomic mass is 19.1. The lowest BCUT2D eigenvalue weighted by atomic mass is 9.77. The van der Waals surface area contributed by atoms with Gasteiger partial charge in [0.1, 0.15) is 17.0 Å². The molecule has 10 heteroatoms. The first-order chi connectivity index (χ1) is 18.8. The molecule has 0 radical (unpaired) electrons. The highest BCUT2D eigenvalue weighted by Gasteiger charge is 2.52. The van der Waals surface area contributed by atoms with Gasteiger partial charge in [0.15, 0.2) is 5.82 Å². The van der Waals surface area contributed by atoms with E-state index in [9.17, 15) is 14.0 Å². The molecular formula is C31H38BFN2O6. The molecule has 1 saturated heterocycles. The SMILES string of the molecule is CC(C)(C)OC(=O)N(C(=O)OC(C)(C)C)c1ncc(B2OC(C)(C)C(C)(C)O2)c2ccc(-c3cccc(F)c3)cc12. The lowest BCUT2D eigenvalue weighted by Crippen LogP contribution is -2.44. The third-order valence-corrected chi connectivity index (χ3v) is 6.93. The Labute approximate surface area is 241 Å². The molecule has 218 valence electrons. The Morgan fingerprint density at radius 2 is 1.37 bits per heavy atom. The average Bonchev–Trinajstić information content (AvgIpc) is 3.03. The molecule has 0 spiro atoms. The summed E-state index contributed by atoms with van der Waals surface area (Å²) in [5, 5.41) is 1.06. The van der Waals surface area contributed by atoms with Crippen LogP contribution in [0.15, 0.2) is 48.7 Å². The summed E-state index contributed by atoms with van der Waals surface area (Å²) >= 11 is 0. The molecule has 1 aliphatic heterocycles. The number of pyridine rings is 1. The van der Waals surface area contributed by atoms with Crippen molar-refractivity contribution in [2.24, 2.45) is 0 Å². The number of hydrogen-bond acceptors (Lipinski definition) is 7. The van der Waals surface area contributed by atoms with Crippen LogP contribution in [0.2, 0.25) is 0 Å². The molecule has 0 bridgehead atoms. The Bertz CT molecular complexity index is 1450. The first-order valence-electron chi connectivity index (χ1n) is 13.6. The van der Waals surface area contributed by atoms with Crippen LogP contribution in [-0.2, 0) is 18.8 Å². The van der Waals surface area contributed by atoms with Crippen molar-refractivity contribution in [3.05, 3.63) is 54.5 Å². The number of halogens is 1. The van der Waals surface area contributed by atoms with Crippen LogP contribution in [0.3, 0.4) is 0 Å². The van der Waals surface area contributed by atoms with E-state index < -0.39 is 47.5 Å². The molecule has 0 atom stereocenters. The smallest absolute Gasteiger partial charge is 0.443 e. The van der Waals surface area contributed by atoms with E-state index in [1.807, 2.05) is 39.8 Å². The van der Waals surface area contributed by atoms with E-state index in [1.54, 1.807) is 59.7 Å². The summed E-state index contributed by atoms with van der Waals surface area (Å²) in [6.45, 7) is 18.0. The Morgan fingerprint density at radius 1 is 0.829 bits per heavy atom. The summed E-state index contributed by atoms with van der Waals surface area (Å²) in [4.78, 5) is 32.4. The van der Waals surface area contributed by atoms with Crippen LogP contribution in [0.25, 0.3) is 21.9 Å². The molecule has 41 heavy (non-hydrogen) atoms. The summed E-state index contributed by atoms with van der Waals surface area (Å²) in [7, 11) is -0.763. The molecule has 2 heterocycles. The monoisotopic (exact) mass is 564 g/mol. The van der Waals surface area contributed by atoms with Gasteiger partial charge in [-0.3, -0.25) is 0 Å². The fourth-order valence-electron chi connectivity index (χ4n) is 4.30. The van der Waals surface area contributed by atoms with Gasteiger partial charge in [-0.05, 0) is 104 Å². The standard InChI is InChI=1S/C31H38BFN2O6/c1-28(2,3)38-26(36)35(27(37)39-29(4,5)6)25-23-17-20(19-12-11-13-21(33)16-19)14-15-22(23)24(18-34-25)32-40-30(7,8)31(9,10)41-32/h11-18H,1-10H3. The summed E-state index contributed by atoms with van der Waals surface area (Å²) in [5.41, 5.74) is -1.14. The predicted octanol–water partition coefficient (Wildman–Crippen LogP) is 7.02. The number of rotatable bonds is 3. The summed E-state index contributed by atoms with van der Waals surface area (Å²) in [6.07, 6.45) is -0.358. The molecule has 4 rings (SSSR count). The zero-order valence-corrected chi connectivity index (χ0v) is 25.4. The molecular weight excluding hydrogens is 526 g/mol. The minimum atomic E-state index is -0.944. The van der Waals surface area contributed by atoms with E-state index in [0.29, 0.717) is 27.4 Å². The van der Waals surface area contributed by atoms with E-state index in [-0.39, 0.29) is 5.82 Å². The average molecular weight is 564 g/mol. The van der Waals surface area contributed by atoms with Gasteiger partial charge in [-0.2, -0.15) is 4.90 Å². The summed E-state index contributed by atoms with van der Waals surface area (Å²) < 4.78 is 38.0. The van der Waals surface area contributed by atoms with Crippen LogP contribution in [0.5, 0.6) is 0 Å². The van der Waals surface area contributed by atoms with E-state index in [1.165, 1.54) is 18.3 Å². The van der Waals surface area contributed by atoms with Gasteiger partial charge >= 0.3 is 19.3 Å². The van der Waals surface area contributed by atoms with Crippen molar-refractivity contribution in [2.45, 2.75) is 91.6 Å². The topological polar surface area (TPSA) is 87.2 Å². The van der Waals surface area contributed by atoms with Crippen LogP contribution in [0.4, 0.5) is 19.8 Å². The van der Waals surface area contributed by atoms with Crippen LogP contribution < -0.4 is 10.4 Å². The van der Waals surface area contributed by atoms with Crippen molar-refractivity contribution in [1.82, 2.24) is 4.98 Å². The molecule has 2 aromatic carbocycles. The fraction of sp³-hybridized carbons (Fsp3) is 0.452. The third kappa shape index (κ3) is 6.54. The zero-order chi connectivity index (χ0) is 30.5. The molecule has 0 saturated carbocycles. The molecule has 1 aromatic heterocycles. The molecule has 1 fully saturated rings.